The fraction of sp³-hybridized carbons (Fsp3) is 0.567. The molecule has 11 nitrogen and oxygen atoms in total. The van der Waals surface area contributed by atoms with Crippen molar-refractivity contribution in [1.82, 2.24) is 25.2 Å². The molecule has 1 aliphatic carbocycles. The summed E-state index contributed by atoms with van der Waals surface area (Å²) in [6, 6.07) is 3.55. The van der Waals surface area contributed by atoms with Crippen LogP contribution in [0.3, 0.4) is 0 Å². The van der Waals surface area contributed by atoms with Gasteiger partial charge < -0.3 is 24.8 Å². The zero-order valence-corrected chi connectivity index (χ0v) is 24.8. The first-order valence-corrected chi connectivity index (χ1v) is 14.7. The van der Waals surface area contributed by atoms with Crippen molar-refractivity contribution in [3.63, 3.8) is 0 Å². The molecule has 1 saturated carbocycles. The van der Waals surface area contributed by atoms with Crippen molar-refractivity contribution in [3.05, 3.63) is 48.0 Å². The number of hydrogen-bond acceptors (Lipinski definition) is 7. The molecule has 1 unspecified atom stereocenters. The number of benzene rings is 1. The molecule has 240 valence electrons. The molecular formula is C30H38F3N5O6. The molecule has 0 spiro atoms. The molecular weight excluding hydrogens is 583 g/mol. The Bertz CT molecular complexity index is 1290. The Morgan fingerprint density at radius 3 is 2.32 bits per heavy atom. The van der Waals surface area contributed by atoms with Crippen LogP contribution in [0.4, 0.5) is 18.0 Å². The average molecular weight is 622 g/mol. The number of nitrogens with zero attached hydrogens (tertiary/aromatic N) is 3. The minimum atomic E-state index is -5.43. The summed E-state index contributed by atoms with van der Waals surface area (Å²) in [5.41, 5.74) is 0.334. The zero-order valence-electron chi connectivity index (χ0n) is 24.8. The molecule has 1 saturated heterocycles. The third-order valence-corrected chi connectivity index (χ3v) is 8.81. The van der Waals surface area contributed by atoms with Gasteiger partial charge in [-0.15, -0.1) is 5.06 Å². The van der Waals surface area contributed by atoms with Gasteiger partial charge >= 0.3 is 18.2 Å². The highest BCUT2D eigenvalue weighted by atomic mass is 19.4. The Morgan fingerprint density at radius 2 is 1.77 bits per heavy atom. The predicted molar refractivity (Wildman–Crippen MR) is 151 cm³/mol. The minimum absolute atomic E-state index is 0.0743. The van der Waals surface area contributed by atoms with Gasteiger partial charge in [0.05, 0.1) is 25.7 Å². The molecule has 2 fully saturated rings. The summed E-state index contributed by atoms with van der Waals surface area (Å²) in [7, 11) is 1.47. The molecule has 1 aromatic carbocycles. The van der Waals surface area contributed by atoms with E-state index < -0.39 is 35.5 Å². The van der Waals surface area contributed by atoms with E-state index in [1.54, 1.807) is 31.2 Å². The number of amides is 3. The van der Waals surface area contributed by atoms with Crippen LogP contribution in [0.25, 0.3) is 0 Å². The van der Waals surface area contributed by atoms with Crippen molar-refractivity contribution < 1.29 is 41.9 Å². The van der Waals surface area contributed by atoms with E-state index >= 15 is 0 Å². The van der Waals surface area contributed by atoms with E-state index in [2.05, 4.69) is 20.1 Å². The van der Waals surface area contributed by atoms with Crippen molar-refractivity contribution in [3.8, 4) is 5.75 Å². The van der Waals surface area contributed by atoms with Crippen LogP contribution < -0.4 is 10.1 Å². The van der Waals surface area contributed by atoms with Gasteiger partial charge in [-0.05, 0) is 56.2 Å². The van der Waals surface area contributed by atoms with Crippen LogP contribution in [-0.2, 0) is 32.2 Å². The number of methoxy groups -OCH3 is 1. The molecule has 0 radical (unpaired) electrons. The number of ether oxygens (including phenoxy) is 1. The quantitative estimate of drug-likeness (QED) is 0.398. The molecule has 1 aliphatic heterocycles. The summed E-state index contributed by atoms with van der Waals surface area (Å²) in [5, 5.41) is 2.56. The highest BCUT2D eigenvalue weighted by Gasteiger charge is 2.49. The summed E-state index contributed by atoms with van der Waals surface area (Å²) in [6.45, 7) is 1.74. The van der Waals surface area contributed by atoms with E-state index in [-0.39, 0.29) is 42.8 Å². The number of hydrogen-bond donors (Lipinski definition) is 2. The number of ketones is 1. The number of carbonyl (C=O) groups is 4. The predicted octanol–water partition coefficient (Wildman–Crippen LogP) is 4.34. The van der Waals surface area contributed by atoms with Gasteiger partial charge in [-0.3, -0.25) is 9.59 Å². The molecule has 14 heteroatoms. The normalized spacial score (nSPS) is 17.8. The van der Waals surface area contributed by atoms with E-state index in [9.17, 15) is 32.3 Å². The van der Waals surface area contributed by atoms with Crippen molar-refractivity contribution in [2.75, 3.05) is 20.2 Å². The number of alkyl halides is 3. The number of aromatic nitrogens is 2. The van der Waals surface area contributed by atoms with Crippen LogP contribution in [0.2, 0.25) is 0 Å². The molecule has 0 bridgehead atoms. The van der Waals surface area contributed by atoms with Crippen LogP contribution in [0.15, 0.2) is 36.8 Å². The summed E-state index contributed by atoms with van der Waals surface area (Å²) in [4.78, 5) is 65.0. The SMILES string of the molecule is COc1ccc(CC(C(=O)N2CCC(C(C)=O)(C3CCCCC3)CC2)N(OC(=O)C(F)(F)F)C(=O)NCc2cnc[nH]2)cc1. The third kappa shape index (κ3) is 7.69. The molecule has 2 aromatic rings. The van der Waals surface area contributed by atoms with Crippen LogP contribution in [0, 0.1) is 11.3 Å². The molecule has 44 heavy (non-hydrogen) atoms. The Balaban J connectivity index is 1.62. The van der Waals surface area contributed by atoms with Crippen LogP contribution in [-0.4, -0.2) is 76.0 Å². The number of aromatic amines is 1. The van der Waals surface area contributed by atoms with E-state index in [0.29, 0.717) is 29.8 Å². The van der Waals surface area contributed by atoms with E-state index in [1.807, 2.05) is 0 Å². The number of likely N-dealkylation sites (tertiary alicyclic amines) is 1. The Morgan fingerprint density at radius 1 is 1.11 bits per heavy atom. The second kappa shape index (κ2) is 14.1. The largest absolute Gasteiger partial charge is 0.497 e. The molecule has 2 heterocycles. The summed E-state index contributed by atoms with van der Waals surface area (Å²) < 4.78 is 45.3. The van der Waals surface area contributed by atoms with Crippen molar-refractivity contribution in [2.45, 2.75) is 77.1 Å². The van der Waals surface area contributed by atoms with Gasteiger partial charge in [0.2, 0.25) is 5.91 Å². The highest BCUT2D eigenvalue weighted by molar-refractivity contribution is 5.89. The number of hydroxylamine groups is 2. The fourth-order valence-electron chi connectivity index (χ4n) is 6.31. The molecule has 2 N–H and O–H groups in total. The van der Waals surface area contributed by atoms with Gasteiger partial charge in [-0.25, -0.2) is 14.6 Å². The van der Waals surface area contributed by atoms with E-state index in [4.69, 9.17) is 4.74 Å². The third-order valence-electron chi connectivity index (χ3n) is 8.81. The number of urea groups is 1. The lowest BCUT2D eigenvalue weighted by atomic mass is 9.62. The number of rotatable bonds is 9. The molecule has 3 amide bonds. The maximum Gasteiger partial charge on any atom is 0.493 e. The number of piperidine rings is 1. The topological polar surface area (TPSA) is 134 Å². The zero-order chi connectivity index (χ0) is 31.9. The molecule has 4 rings (SSSR count). The molecule has 1 aromatic heterocycles. The standard InChI is InChI=1S/C30H38F3N5O6/c1-20(39)29(22-6-4-3-5-7-22)12-14-37(15-13-29)26(40)25(16-21-8-10-24(43-2)11-9-21)38(44-27(41)30(31,32)33)28(42)35-18-23-17-34-19-36-23/h8-11,17,19,22,25H,3-7,12-16,18H2,1-2H3,(H,34,36)(H,35,42). The summed E-state index contributed by atoms with van der Waals surface area (Å²) in [5.74, 6) is -2.56. The van der Waals surface area contributed by atoms with Crippen molar-refractivity contribution in [1.29, 1.82) is 0 Å². The number of H-pyrrole nitrogens is 1. The highest BCUT2D eigenvalue weighted by Crippen LogP contribution is 2.46. The number of Topliss-reactive ketones (excluding diaryl/α,β-unsaturated/α-hetero) is 1. The van der Waals surface area contributed by atoms with Gasteiger partial charge in [0, 0.05) is 31.1 Å². The Hall–Kier alpha value is -4.10. The van der Waals surface area contributed by atoms with Gasteiger partial charge in [0.15, 0.2) is 6.04 Å². The van der Waals surface area contributed by atoms with Crippen LogP contribution >= 0.6 is 0 Å². The maximum atomic E-state index is 14.1. The minimum Gasteiger partial charge on any atom is -0.497 e. The fourth-order valence-corrected chi connectivity index (χ4v) is 6.31. The maximum absolute atomic E-state index is 14.1. The average Bonchev–Trinajstić information content (AvgIpc) is 3.55. The first kappa shape index (κ1) is 32.8. The first-order chi connectivity index (χ1) is 20.9. The first-order valence-electron chi connectivity index (χ1n) is 14.7. The van der Waals surface area contributed by atoms with Crippen molar-refractivity contribution in [2.24, 2.45) is 11.3 Å². The second-order valence-electron chi connectivity index (χ2n) is 11.4. The Labute approximate surface area is 253 Å². The second-order valence-corrected chi connectivity index (χ2v) is 11.4. The van der Waals surface area contributed by atoms with Gasteiger partial charge in [0.1, 0.15) is 11.5 Å². The van der Waals surface area contributed by atoms with Gasteiger partial charge in [-0.1, -0.05) is 31.4 Å². The van der Waals surface area contributed by atoms with E-state index in [0.717, 1.165) is 32.1 Å². The van der Waals surface area contributed by atoms with Crippen LogP contribution in [0.1, 0.15) is 63.1 Å². The lowest BCUT2D eigenvalue weighted by molar-refractivity contribution is -0.234. The van der Waals surface area contributed by atoms with Crippen LogP contribution in [0.5, 0.6) is 5.75 Å². The van der Waals surface area contributed by atoms with E-state index in [1.165, 1.54) is 24.5 Å². The number of halogens is 3. The monoisotopic (exact) mass is 621 g/mol. The summed E-state index contributed by atoms with van der Waals surface area (Å²) in [6.07, 6.45) is 2.94. The van der Waals surface area contributed by atoms with Crippen molar-refractivity contribution >= 4 is 23.7 Å². The number of nitrogens with one attached hydrogen (secondary N) is 2. The molecule has 1 atom stereocenters. The van der Waals surface area contributed by atoms with Gasteiger partial charge in [0.25, 0.3) is 0 Å². The lowest BCUT2D eigenvalue weighted by Gasteiger charge is -2.47. The summed E-state index contributed by atoms with van der Waals surface area (Å²) >= 11 is 0. The van der Waals surface area contributed by atoms with Gasteiger partial charge in [-0.2, -0.15) is 13.2 Å². The molecule has 2 aliphatic rings. The smallest absolute Gasteiger partial charge is 0.493 e. The number of carbonyl (C=O) groups excluding carboxylic acids is 4. The number of imidazole rings is 1. The Kier molecular flexibility index (Phi) is 10.5. The lowest BCUT2D eigenvalue weighted by Crippen LogP contribution is -2.58.